The Bertz CT molecular complexity index is 1140. The summed E-state index contributed by atoms with van der Waals surface area (Å²) in [5.41, 5.74) is 0.758. The molecule has 0 saturated carbocycles. The molecule has 0 bridgehead atoms. The first kappa shape index (κ1) is 17.7. The molecule has 0 spiro atoms. The van der Waals surface area contributed by atoms with Crippen LogP contribution < -0.4 is 10.1 Å². The Balaban J connectivity index is 1.67. The first-order valence-electron chi connectivity index (χ1n) is 8.56. The van der Waals surface area contributed by atoms with Crippen LogP contribution in [0.4, 0.5) is 14.5 Å². The minimum Gasteiger partial charge on any atom is -0.489 e. The lowest BCUT2D eigenvalue weighted by Gasteiger charge is -2.08. The fraction of sp³-hybridized carbons (Fsp3) is 0.0455. The molecule has 4 rings (SSSR count). The molecule has 0 aliphatic heterocycles. The third kappa shape index (κ3) is 3.57. The van der Waals surface area contributed by atoms with Crippen molar-refractivity contribution >= 4 is 22.6 Å². The summed E-state index contributed by atoms with van der Waals surface area (Å²) in [7, 11) is 0. The van der Waals surface area contributed by atoms with Gasteiger partial charge in [-0.05, 0) is 30.3 Å². The minimum absolute atomic E-state index is 0.0132. The van der Waals surface area contributed by atoms with Crippen molar-refractivity contribution < 1.29 is 22.7 Å². The van der Waals surface area contributed by atoms with Gasteiger partial charge in [-0.2, -0.15) is 0 Å². The van der Waals surface area contributed by atoms with Gasteiger partial charge >= 0.3 is 0 Å². The normalized spacial score (nSPS) is 10.8. The lowest BCUT2D eigenvalue weighted by molar-refractivity contribution is 0.0995. The van der Waals surface area contributed by atoms with Crippen LogP contribution in [0.3, 0.4) is 0 Å². The molecule has 0 atom stereocenters. The van der Waals surface area contributed by atoms with Gasteiger partial charge in [-0.15, -0.1) is 0 Å². The molecule has 0 saturated heterocycles. The van der Waals surface area contributed by atoms with Gasteiger partial charge in [0.2, 0.25) is 0 Å². The van der Waals surface area contributed by atoms with Gasteiger partial charge in [-0.3, -0.25) is 4.79 Å². The molecule has 3 aromatic carbocycles. The summed E-state index contributed by atoms with van der Waals surface area (Å²) in [6, 6.07) is 19.1. The highest BCUT2D eigenvalue weighted by molar-refractivity contribution is 6.06. The van der Waals surface area contributed by atoms with Crippen molar-refractivity contribution in [2.45, 2.75) is 6.61 Å². The maximum Gasteiger partial charge on any atom is 0.291 e. The van der Waals surface area contributed by atoms with E-state index in [1.807, 2.05) is 30.3 Å². The van der Waals surface area contributed by atoms with Crippen LogP contribution in [0.2, 0.25) is 0 Å². The van der Waals surface area contributed by atoms with E-state index >= 15 is 0 Å². The predicted octanol–water partition coefficient (Wildman–Crippen LogP) is 5.54. The van der Waals surface area contributed by atoms with Crippen molar-refractivity contribution in [2.24, 2.45) is 0 Å². The van der Waals surface area contributed by atoms with E-state index < -0.39 is 17.5 Å². The molecular weight excluding hydrogens is 364 g/mol. The number of nitrogens with one attached hydrogen (secondary N) is 1. The zero-order valence-electron chi connectivity index (χ0n) is 14.6. The summed E-state index contributed by atoms with van der Waals surface area (Å²) < 4.78 is 38.7. The molecule has 140 valence electrons. The number of anilines is 1. The van der Waals surface area contributed by atoms with Gasteiger partial charge in [-0.25, -0.2) is 8.78 Å². The van der Waals surface area contributed by atoms with Gasteiger partial charge in [0.25, 0.3) is 5.91 Å². The Kier molecular flexibility index (Phi) is 4.76. The molecule has 1 aromatic heterocycles. The topological polar surface area (TPSA) is 51.5 Å². The van der Waals surface area contributed by atoms with Crippen LogP contribution in [0, 0.1) is 11.6 Å². The molecule has 0 fully saturated rings. The van der Waals surface area contributed by atoms with Crippen molar-refractivity contribution in [3.63, 3.8) is 0 Å². The van der Waals surface area contributed by atoms with E-state index in [-0.39, 0.29) is 18.1 Å². The monoisotopic (exact) mass is 379 g/mol. The average molecular weight is 379 g/mol. The number of para-hydroxylation sites is 2. The van der Waals surface area contributed by atoms with E-state index in [2.05, 4.69) is 5.32 Å². The number of carbonyl (C=O) groups is 1. The number of halogens is 2. The Hall–Kier alpha value is -3.67. The van der Waals surface area contributed by atoms with E-state index in [0.717, 1.165) is 18.2 Å². The van der Waals surface area contributed by atoms with Crippen LogP contribution in [0.1, 0.15) is 16.1 Å². The van der Waals surface area contributed by atoms with Gasteiger partial charge < -0.3 is 14.5 Å². The number of hydrogen-bond acceptors (Lipinski definition) is 3. The van der Waals surface area contributed by atoms with Crippen LogP contribution in [0.15, 0.2) is 77.2 Å². The van der Waals surface area contributed by atoms with Crippen molar-refractivity contribution in [3.05, 3.63) is 95.8 Å². The van der Waals surface area contributed by atoms with Crippen LogP contribution in [-0.4, -0.2) is 5.91 Å². The van der Waals surface area contributed by atoms with Gasteiger partial charge in [0.05, 0.1) is 5.69 Å². The summed E-state index contributed by atoms with van der Waals surface area (Å²) in [5.74, 6) is -1.47. The summed E-state index contributed by atoms with van der Waals surface area (Å²) in [4.78, 5) is 12.7. The third-order valence-electron chi connectivity index (χ3n) is 4.21. The number of amides is 1. The molecule has 0 aliphatic carbocycles. The molecule has 1 amide bonds. The minimum atomic E-state index is -0.743. The quantitative estimate of drug-likeness (QED) is 0.495. The number of hydrogen-bond donors (Lipinski definition) is 1. The number of rotatable bonds is 5. The molecule has 1 N–H and O–H groups in total. The molecule has 0 radical (unpaired) electrons. The van der Waals surface area contributed by atoms with Crippen LogP contribution in [0.25, 0.3) is 11.0 Å². The second-order valence-electron chi connectivity index (χ2n) is 6.09. The Morgan fingerprint density at radius 1 is 0.964 bits per heavy atom. The maximum absolute atomic E-state index is 13.9. The second kappa shape index (κ2) is 7.52. The summed E-state index contributed by atoms with van der Waals surface area (Å²) in [6.45, 7) is 0.0788. The average Bonchev–Trinajstić information content (AvgIpc) is 3.09. The van der Waals surface area contributed by atoms with Gasteiger partial charge in [0.1, 0.15) is 29.6 Å². The van der Waals surface area contributed by atoms with Crippen LogP contribution >= 0.6 is 0 Å². The van der Waals surface area contributed by atoms with E-state index in [4.69, 9.17) is 9.15 Å². The number of ether oxygens (including phenoxy) is 1. The Morgan fingerprint density at radius 2 is 1.71 bits per heavy atom. The molecule has 0 aliphatic rings. The Labute approximate surface area is 159 Å². The van der Waals surface area contributed by atoms with E-state index in [0.29, 0.717) is 22.3 Å². The van der Waals surface area contributed by atoms with E-state index in [9.17, 15) is 13.6 Å². The number of benzene rings is 3. The summed E-state index contributed by atoms with van der Waals surface area (Å²) in [5, 5.41) is 3.08. The zero-order valence-corrected chi connectivity index (χ0v) is 14.6. The van der Waals surface area contributed by atoms with E-state index in [1.54, 1.807) is 24.3 Å². The Morgan fingerprint density at radius 3 is 2.54 bits per heavy atom. The highest BCUT2D eigenvalue weighted by atomic mass is 19.1. The largest absolute Gasteiger partial charge is 0.489 e. The van der Waals surface area contributed by atoms with Gasteiger partial charge in [0, 0.05) is 17.0 Å². The van der Waals surface area contributed by atoms with Crippen molar-refractivity contribution in [1.29, 1.82) is 0 Å². The SMILES string of the molecule is O=C(Nc1cc(F)ccc1F)c1oc2ccccc2c1COc1ccccc1. The summed E-state index contributed by atoms with van der Waals surface area (Å²) in [6.07, 6.45) is 0. The molecule has 4 nitrogen and oxygen atoms in total. The number of carbonyl (C=O) groups excluding carboxylic acids is 1. The van der Waals surface area contributed by atoms with Crippen LogP contribution in [-0.2, 0) is 6.61 Å². The predicted molar refractivity (Wildman–Crippen MR) is 101 cm³/mol. The standard InChI is InChI=1S/C22H15F2NO3/c23-14-10-11-18(24)19(12-14)25-22(26)21-17(13-27-15-6-2-1-3-7-15)16-8-4-5-9-20(16)28-21/h1-12H,13H2,(H,25,26). The van der Waals surface area contributed by atoms with Gasteiger partial charge in [-0.1, -0.05) is 36.4 Å². The maximum atomic E-state index is 13.9. The fourth-order valence-corrected chi connectivity index (χ4v) is 2.87. The first-order valence-corrected chi connectivity index (χ1v) is 8.56. The molecule has 0 unspecified atom stereocenters. The summed E-state index contributed by atoms with van der Waals surface area (Å²) >= 11 is 0. The highest BCUT2D eigenvalue weighted by Gasteiger charge is 2.22. The molecule has 28 heavy (non-hydrogen) atoms. The van der Waals surface area contributed by atoms with Crippen LogP contribution in [0.5, 0.6) is 5.75 Å². The van der Waals surface area contributed by atoms with Crippen molar-refractivity contribution in [1.82, 2.24) is 0 Å². The molecule has 1 heterocycles. The fourth-order valence-electron chi connectivity index (χ4n) is 2.87. The zero-order chi connectivity index (χ0) is 19.5. The smallest absolute Gasteiger partial charge is 0.291 e. The lowest BCUT2D eigenvalue weighted by Crippen LogP contribution is -2.15. The van der Waals surface area contributed by atoms with Gasteiger partial charge in [0.15, 0.2) is 5.76 Å². The number of fused-ring (bicyclic) bond motifs is 1. The molecule has 6 heteroatoms. The second-order valence-corrected chi connectivity index (χ2v) is 6.09. The first-order chi connectivity index (χ1) is 13.6. The lowest BCUT2D eigenvalue weighted by atomic mass is 10.1. The van der Waals surface area contributed by atoms with Crippen molar-refractivity contribution in [2.75, 3.05) is 5.32 Å². The number of furan rings is 1. The highest BCUT2D eigenvalue weighted by Crippen LogP contribution is 2.28. The molecule has 4 aromatic rings. The van der Waals surface area contributed by atoms with Crippen molar-refractivity contribution in [3.8, 4) is 5.75 Å². The third-order valence-corrected chi connectivity index (χ3v) is 4.21. The molecular formula is C22H15F2NO3. The van der Waals surface area contributed by atoms with E-state index in [1.165, 1.54) is 0 Å².